The van der Waals surface area contributed by atoms with Crippen LogP contribution in [0.3, 0.4) is 0 Å². The van der Waals surface area contributed by atoms with Crippen molar-refractivity contribution in [3.8, 4) is 5.75 Å². The Morgan fingerprint density at radius 1 is 1.18 bits per heavy atom. The second-order valence-corrected chi connectivity index (χ2v) is 4.66. The molecule has 0 aliphatic carbocycles. The molecule has 2 nitrogen and oxygen atoms in total. The van der Waals surface area contributed by atoms with Crippen molar-refractivity contribution in [1.29, 1.82) is 0 Å². The number of aromatic hydroxyl groups is 1. The van der Waals surface area contributed by atoms with Gasteiger partial charge >= 0.3 is 0 Å². The summed E-state index contributed by atoms with van der Waals surface area (Å²) in [6, 6.07) is 11.2. The zero-order chi connectivity index (χ0) is 12.3. The Bertz CT molecular complexity index is 564. The Morgan fingerprint density at radius 2 is 2.00 bits per heavy atom. The van der Waals surface area contributed by atoms with Crippen LogP contribution in [-0.2, 0) is 0 Å². The molecule has 0 atom stereocenters. The number of benzene rings is 1. The van der Waals surface area contributed by atoms with E-state index in [4.69, 9.17) is 0 Å². The van der Waals surface area contributed by atoms with Crippen molar-refractivity contribution in [2.24, 2.45) is 0 Å². The van der Waals surface area contributed by atoms with Crippen LogP contribution in [0.15, 0.2) is 40.9 Å². The van der Waals surface area contributed by atoms with Crippen molar-refractivity contribution in [2.45, 2.75) is 6.92 Å². The van der Waals surface area contributed by atoms with Gasteiger partial charge < -0.3 is 5.11 Å². The number of pyridine rings is 1. The van der Waals surface area contributed by atoms with Crippen molar-refractivity contribution in [3.05, 3.63) is 57.8 Å². The highest BCUT2D eigenvalue weighted by molar-refractivity contribution is 9.10. The number of phenolic OH excluding ortho intramolecular Hbond substituents is 1. The number of aromatic nitrogens is 1. The van der Waals surface area contributed by atoms with Crippen LogP contribution in [0.1, 0.15) is 17.0 Å². The average Bonchev–Trinajstić information content (AvgIpc) is 2.30. The molecule has 0 saturated heterocycles. The lowest BCUT2D eigenvalue weighted by Crippen LogP contribution is -1.83. The van der Waals surface area contributed by atoms with Gasteiger partial charge in [0.2, 0.25) is 0 Å². The van der Waals surface area contributed by atoms with Crippen molar-refractivity contribution < 1.29 is 5.11 Å². The fraction of sp³-hybridized carbons (Fsp3) is 0.0714. The molecule has 0 spiro atoms. The highest BCUT2D eigenvalue weighted by Crippen LogP contribution is 2.23. The Hall–Kier alpha value is -1.61. The molecular weight excluding hydrogens is 278 g/mol. The van der Waals surface area contributed by atoms with E-state index in [1.165, 1.54) is 0 Å². The van der Waals surface area contributed by atoms with Crippen molar-refractivity contribution in [3.63, 3.8) is 0 Å². The summed E-state index contributed by atoms with van der Waals surface area (Å²) in [5.74, 6) is 0.261. The number of nitrogens with zero attached hydrogens (tertiary/aromatic N) is 1. The first-order valence-electron chi connectivity index (χ1n) is 5.25. The molecule has 1 heterocycles. The maximum absolute atomic E-state index is 9.68. The quantitative estimate of drug-likeness (QED) is 0.905. The first-order chi connectivity index (χ1) is 8.15. The highest BCUT2D eigenvalue weighted by atomic mass is 79.9. The number of hydrogen-bond acceptors (Lipinski definition) is 2. The first kappa shape index (κ1) is 11.9. The molecule has 0 saturated carbocycles. The molecule has 3 heteroatoms. The van der Waals surface area contributed by atoms with Crippen LogP contribution in [0, 0.1) is 6.92 Å². The van der Waals surface area contributed by atoms with Crippen molar-refractivity contribution in [1.82, 2.24) is 4.98 Å². The second-order valence-electron chi connectivity index (χ2n) is 3.74. The van der Waals surface area contributed by atoms with Gasteiger partial charge in [-0.1, -0.05) is 22.0 Å². The SMILES string of the molecule is Cc1cccc(C=Cc2cc(Br)ccc2O)n1. The van der Waals surface area contributed by atoms with E-state index in [1.807, 2.05) is 43.3 Å². The molecular formula is C14H12BrNO. The maximum Gasteiger partial charge on any atom is 0.122 e. The molecule has 1 aromatic heterocycles. The number of rotatable bonds is 2. The summed E-state index contributed by atoms with van der Waals surface area (Å²) in [5.41, 5.74) is 2.62. The zero-order valence-corrected chi connectivity index (χ0v) is 11.0. The van der Waals surface area contributed by atoms with Crippen LogP contribution in [-0.4, -0.2) is 10.1 Å². The Morgan fingerprint density at radius 3 is 2.76 bits per heavy atom. The van der Waals surface area contributed by atoms with Gasteiger partial charge in [-0.25, -0.2) is 0 Å². The molecule has 0 aliphatic heterocycles. The fourth-order valence-corrected chi connectivity index (χ4v) is 1.87. The van der Waals surface area contributed by atoms with Crippen LogP contribution in [0.4, 0.5) is 0 Å². The number of phenols is 1. The van der Waals surface area contributed by atoms with Crippen LogP contribution in [0.5, 0.6) is 5.75 Å². The van der Waals surface area contributed by atoms with Gasteiger partial charge in [0.05, 0.1) is 5.69 Å². The lowest BCUT2D eigenvalue weighted by atomic mass is 10.1. The smallest absolute Gasteiger partial charge is 0.122 e. The van der Waals surface area contributed by atoms with Gasteiger partial charge in [-0.15, -0.1) is 0 Å². The number of aryl methyl sites for hydroxylation is 1. The summed E-state index contributed by atoms with van der Waals surface area (Å²) >= 11 is 3.37. The molecule has 1 aromatic carbocycles. The Kier molecular flexibility index (Phi) is 3.59. The van der Waals surface area contributed by atoms with E-state index in [1.54, 1.807) is 12.1 Å². The van der Waals surface area contributed by atoms with Crippen LogP contribution < -0.4 is 0 Å². The van der Waals surface area contributed by atoms with E-state index < -0.39 is 0 Å². The minimum absolute atomic E-state index is 0.261. The molecule has 1 N–H and O–H groups in total. The monoisotopic (exact) mass is 289 g/mol. The summed E-state index contributed by atoms with van der Waals surface area (Å²) in [7, 11) is 0. The van der Waals surface area contributed by atoms with E-state index in [0.717, 1.165) is 21.4 Å². The second kappa shape index (κ2) is 5.15. The third-order valence-corrected chi connectivity index (χ3v) is 2.83. The van der Waals surface area contributed by atoms with Crippen LogP contribution in [0.25, 0.3) is 12.2 Å². The fourth-order valence-electron chi connectivity index (χ4n) is 1.49. The van der Waals surface area contributed by atoms with Gasteiger partial charge in [-0.05, 0) is 49.4 Å². The van der Waals surface area contributed by atoms with Gasteiger partial charge in [0.1, 0.15) is 5.75 Å². The van der Waals surface area contributed by atoms with E-state index in [9.17, 15) is 5.11 Å². The Balaban J connectivity index is 2.29. The van der Waals surface area contributed by atoms with Crippen molar-refractivity contribution >= 4 is 28.1 Å². The normalized spacial score (nSPS) is 10.9. The standard InChI is InChI=1S/C14H12BrNO/c1-10-3-2-4-13(16-10)7-5-11-9-12(15)6-8-14(11)17/h2-9,17H,1H3. The maximum atomic E-state index is 9.68. The average molecular weight is 290 g/mol. The molecule has 0 amide bonds. The Labute approximate surface area is 109 Å². The van der Waals surface area contributed by atoms with Crippen LogP contribution in [0.2, 0.25) is 0 Å². The molecule has 86 valence electrons. The summed E-state index contributed by atoms with van der Waals surface area (Å²) < 4.78 is 0.937. The van der Waals surface area contributed by atoms with E-state index in [-0.39, 0.29) is 5.75 Å². The summed E-state index contributed by atoms with van der Waals surface area (Å²) in [4.78, 5) is 4.36. The molecule has 2 aromatic rings. The third-order valence-electron chi connectivity index (χ3n) is 2.33. The van der Waals surface area contributed by atoms with Gasteiger partial charge in [0, 0.05) is 15.7 Å². The lowest BCUT2D eigenvalue weighted by Gasteiger charge is -2.00. The van der Waals surface area contributed by atoms with Gasteiger partial charge in [0.15, 0.2) is 0 Å². The number of hydrogen-bond donors (Lipinski definition) is 1. The highest BCUT2D eigenvalue weighted by Gasteiger charge is 1.98. The minimum atomic E-state index is 0.261. The zero-order valence-electron chi connectivity index (χ0n) is 9.39. The van der Waals surface area contributed by atoms with Gasteiger partial charge in [-0.2, -0.15) is 0 Å². The lowest BCUT2D eigenvalue weighted by molar-refractivity contribution is 0.474. The van der Waals surface area contributed by atoms with Crippen LogP contribution >= 0.6 is 15.9 Å². The largest absolute Gasteiger partial charge is 0.507 e. The molecule has 0 unspecified atom stereocenters. The molecule has 2 rings (SSSR count). The molecule has 0 radical (unpaired) electrons. The molecule has 17 heavy (non-hydrogen) atoms. The summed E-state index contributed by atoms with van der Waals surface area (Å²) in [6.45, 7) is 1.95. The van der Waals surface area contributed by atoms with E-state index >= 15 is 0 Å². The number of halogens is 1. The predicted octanol–water partition coefficient (Wildman–Crippen LogP) is 4.03. The van der Waals surface area contributed by atoms with Crippen molar-refractivity contribution in [2.75, 3.05) is 0 Å². The summed E-state index contributed by atoms with van der Waals surface area (Å²) in [5, 5.41) is 9.68. The minimum Gasteiger partial charge on any atom is -0.507 e. The van der Waals surface area contributed by atoms with E-state index in [2.05, 4.69) is 20.9 Å². The molecule has 0 aliphatic rings. The molecule has 0 bridgehead atoms. The predicted molar refractivity (Wildman–Crippen MR) is 73.7 cm³/mol. The third kappa shape index (κ3) is 3.17. The molecule has 0 fully saturated rings. The van der Waals surface area contributed by atoms with Gasteiger partial charge in [-0.3, -0.25) is 4.98 Å². The topological polar surface area (TPSA) is 33.1 Å². The van der Waals surface area contributed by atoms with Gasteiger partial charge in [0.25, 0.3) is 0 Å². The summed E-state index contributed by atoms with van der Waals surface area (Å²) in [6.07, 6.45) is 3.73. The van der Waals surface area contributed by atoms with E-state index in [0.29, 0.717) is 0 Å². The first-order valence-corrected chi connectivity index (χ1v) is 6.05.